The molecule has 0 fully saturated rings. The van der Waals surface area contributed by atoms with E-state index in [1.54, 1.807) is 0 Å². The molecule has 3 heteroatoms. The highest BCUT2D eigenvalue weighted by molar-refractivity contribution is 5.29. The zero-order chi connectivity index (χ0) is 13.0. The van der Waals surface area contributed by atoms with Gasteiger partial charge in [0.05, 0.1) is 18.8 Å². The number of ether oxygens (including phenoxy) is 1. The minimum absolute atomic E-state index is 0.182. The molecular weight excluding hydrogens is 226 g/mol. The summed E-state index contributed by atoms with van der Waals surface area (Å²) in [6, 6.07) is 8.56. The summed E-state index contributed by atoms with van der Waals surface area (Å²) in [6.45, 7) is 7.06. The van der Waals surface area contributed by atoms with Crippen molar-refractivity contribution in [3.8, 4) is 0 Å². The van der Waals surface area contributed by atoms with Crippen molar-refractivity contribution in [3.63, 3.8) is 0 Å². The Labute approximate surface area is 109 Å². The monoisotopic (exact) mass is 249 g/mol. The molecule has 1 atom stereocenters. The lowest BCUT2D eigenvalue weighted by atomic mass is 10.00. The number of benzene rings is 1. The zero-order valence-corrected chi connectivity index (χ0v) is 11.3. The van der Waals surface area contributed by atoms with Crippen LogP contribution < -0.4 is 0 Å². The van der Waals surface area contributed by atoms with E-state index in [0.717, 1.165) is 19.5 Å². The minimum atomic E-state index is -0.391. The van der Waals surface area contributed by atoms with E-state index in [9.17, 15) is 5.11 Å². The topological polar surface area (TPSA) is 32.7 Å². The van der Waals surface area contributed by atoms with Gasteiger partial charge in [0.15, 0.2) is 0 Å². The largest absolute Gasteiger partial charge is 0.389 e. The number of aliphatic hydroxyl groups is 1. The van der Waals surface area contributed by atoms with E-state index in [-0.39, 0.29) is 6.10 Å². The van der Waals surface area contributed by atoms with Gasteiger partial charge in [0.1, 0.15) is 0 Å². The quantitative estimate of drug-likeness (QED) is 0.864. The van der Waals surface area contributed by atoms with Gasteiger partial charge in [-0.3, -0.25) is 4.90 Å². The lowest BCUT2D eigenvalue weighted by Gasteiger charge is -2.30. The summed E-state index contributed by atoms with van der Waals surface area (Å²) in [6.07, 6.45) is 0.868. The molecule has 1 aliphatic rings. The second-order valence-electron chi connectivity index (χ2n) is 5.29. The van der Waals surface area contributed by atoms with Crippen molar-refractivity contribution in [2.75, 3.05) is 19.7 Å². The molecule has 1 unspecified atom stereocenters. The van der Waals surface area contributed by atoms with Gasteiger partial charge in [-0.25, -0.2) is 0 Å². The number of hydrogen-bond acceptors (Lipinski definition) is 3. The van der Waals surface area contributed by atoms with Crippen LogP contribution in [0.15, 0.2) is 24.3 Å². The lowest BCUT2D eigenvalue weighted by Crippen LogP contribution is -2.38. The van der Waals surface area contributed by atoms with Crippen LogP contribution in [0.25, 0.3) is 0 Å². The van der Waals surface area contributed by atoms with Crippen molar-refractivity contribution >= 4 is 0 Å². The Kier molecular flexibility index (Phi) is 4.75. The number of fused-ring (bicyclic) bond motifs is 1. The normalized spacial score (nSPS) is 17.8. The third kappa shape index (κ3) is 3.80. The highest BCUT2D eigenvalue weighted by Gasteiger charge is 2.18. The molecule has 2 rings (SSSR count). The summed E-state index contributed by atoms with van der Waals surface area (Å²) in [7, 11) is 0. The summed E-state index contributed by atoms with van der Waals surface area (Å²) in [5.41, 5.74) is 2.84. The van der Waals surface area contributed by atoms with Crippen molar-refractivity contribution in [1.29, 1.82) is 0 Å². The fraction of sp³-hybridized carbons (Fsp3) is 0.600. The van der Waals surface area contributed by atoms with E-state index < -0.39 is 6.10 Å². The second kappa shape index (κ2) is 6.32. The fourth-order valence-corrected chi connectivity index (χ4v) is 2.36. The molecule has 0 saturated heterocycles. The third-order valence-corrected chi connectivity index (χ3v) is 3.30. The van der Waals surface area contributed by atoms with Gasteiger partial charge in [0.25, 0.3) is 0 Å². The Balaban J connectivity index is 1.82. The standard InChI is InChI=1S/C15H23NO2/c1-12(2)18-11-15(17)10-16-8-7-13-5-3-4-6-14(13)9-16/h3-6,12,15,17H,7-11H2,1-2H3. The molecule has 0 spiro atoms. The van der Waals surface area contributed by atoms with Crippen LogP contribution in [0.4, 0.5) is 0 Å². The Morgan fingerprint density at radius 1 is 1.28 bits per heavy atom. The van der Waals surface area contributed by atoms with E-state index in [4.69, 9.17) is 4.74 Å². The van der Waals surface area contributed by atoms with E-state index in [1.807, 2.05) is 13.8 Å². The molecule has 0 bridgehead atoms. The molecule has 100 valence electrons. The maximum absolute atomic E-state index is 9.93. The van der Waals surface area contributed by atoms with Crippen molar-refractivity contribution < 1.29 is 9.84 Å². The Morgan fingerprint density at radius 2 is 2.00 bits per heavy atom. The molecular formula is C15H23NO2. The molecule has 1 heterocycles. The average molecular weight is 249 g/mol. The van der Waals surface area contributed by atoms with Gasteiger partial charge in [-0.1, -0.05) is 24.3 Å². The molecule has 1 aliphatic heterocycles. The van der Waals surface area contributed by atoms with Crippen molar-refractivity contribution in [2.24, 2.45) is 0 Å². The number of rotatable bonds is 5. The number of nitrogens with zero attached hydrogens (tertiary/aromatic N) is 1. The lowest BCUT2D eigenvalue weighted by molar-refractivity contribution is -0.0101. The van der Waals surface area contributed by atoms with Gasteiger partial charge in [0, 0.05) is 19.6 Å². The van der Waals surface area contributed by atoms with E-state index in [2.05, 4.69) is 29.2 Å². The Bertz CT molecular complexity index is 379. The van der Waals surface area contributed by atoms with Gasteiger partial charge in [0.2, 0.25) is 0 Å². The summed E-state index contributed by atoms with van der Waals surface area (Å²) in [5.74, 6) is 0. The maximum Gasteiger partial charge on any atom is 0.0900 e. The van der Waals surface area contributed by atoms with Crippen LogP contribution in [0.1, 0.15) is 25.0 Å². The summed E-state index contributed by atoms with van der Waals surface area (Å²) < 4.78 is 5.44. The van der Waals surface area contributed by atoms with Crippen LogP contribution in [0.2, 0.25) is 0 Å². The molecule has 0 aliphatic carbocycles. The van der Waals surface area contributed by atoms with Crippen molar-refractivity contribution in [3.05, 3.63) is 35.4 Å². The molecule has 0 amide bonds. The molecule has 1 aromatic carbocycles. The predicted octanol–water partition coefficient (Wildman–Crippen LogP) is 1.83. The molecule has 0 radical (unpaired) electrons. The van der Waals surface area contributed by atoms with Gasteiger partial charge < -0.3 is 9.84 Å². The number of hydrogen-bond donors (Lipinski definition) is 1. The van der Waals surface area contributed by atoms with Crippen LogP contribution in [0, 0.1) is 0 Å². The van der Waals surface area contributed by atoms with Crippen LogP contribution in [-0.4, -0.2) is 41.9 Å². The van der Waals surface area contributed by atoms with E-state index in [1.165, 1.54) is 11.1 Å². The first-order chi connectivity index (χ1) is 8.65. The number of aliphatic hydroxyl groups excluding tert-OH is 1. The highest BCUT2D eigenvalue weighted by Crippen LogP contribution is 2.18. The molecule has 3 nitrogen and oxygen atoms in total. The maximum atomic E-state index is 9.93. The number of β-amino-alcohol motifs (C(OH)–C–C–N with tert-alkyl or cyclic N) is 1. The minimum Gasteiger partial charge on any atom is -0.389 e. The van der Waals surface area contributed by atoms with E-state index in [0.29, 0.717) is 13.2 Å². The first-order valence-electron chi connectivity index (χ1n) is 6.74. The fourth-order valence-electron chi connectivity index (χ4n) is 2.36. The Morgan fingerprint density at radius 3 is 2.72 bits per heavy atom. The van der Waals surface area contributed by atoms with Gasteiger partial charge in [-0.15, -0.1) is 0 Å². The van der Waals surface area contributed by atoms with Crippen molar-refractivity contribution in [1.82, 2.24) is 4.90 Å². The molecule has 1 N–H and O–H groups in total. The molecule has 0 saturated carbocycles. The highest BCUT2D eigenvalue weighted by atomic mass is 16.5. The zero-order valence-electron chi connectivity index (χ0n) is 11.3. The predicted molar refractivity (Wildman–Crippen MR) is 72.5 cm³/mol. The SMILES string of the molecule is CC(C)OCC(O)CN1CCc2ccccc2C1. The van der Waals surface area contributed by atoms with Gasteiger partial charge in [-0.05, 0) is 31.4 Å². The van der Waals surface area contributed by atoms with E-state index >= 15 is 0 Å². The summed E-state index contributed by atoms with van der Waals surface area (Å²) >= 11 is 0. The Hall–Kier alpha value is -0.900. The summed E-state index contributed by atoms with van der Waals surface area (Å²) in [4.78, 5) is 2.30. The van der Waals surface area contributed by atoms with Crippen LogP contribution >= 0.6 is 0 Å². The average Bonchev–Trinajstić information content (AvgIpc) is 2.36. The third-order valence-electron chi connectivity index (χ3n) is 3.30. The first-order valence-corrected chi connectivity index (χ1v) is 6.74. The van der Waals surface area contributed by atoms with Crippen molar-refractivity contribution in [2.45, 2.75) is 39.0 Å². The van der Waals surface area contributed by atoms with Crippen LogP contribution in [-0.2, 0) is 17.7 Å². The second-order valence-corrected chi connectivity index (χ2v) is 5.29. The van der Waals surface area contributed by atoms with Crippen LogP contribution in [0.5, 0.6) is 0 Å². The van der Waals surface area contributed by atoms with Crippen LogP contribution in [0.3, 0.4) is 0 Å². The molecule has 18 heavy (non-hydrogen) atoms. The van der Waals surface area contributed by atoms with Gasteiger partial charge >= 0.3 is 0 Å². The van der Waals surface area contributed by atoms with Gasteiger partial charge in [-0.2, -0.15) is 0 Å². The molecule has 0 aromatic heterocycles. The smallest absolute Gasteiger partial charge is 0.0900 e. The molecule has 1 aromatic rings. The summed E-state index contributed by atoms with van der Waals surface area (Å²) in [5, 5.41) is 9.93. The first kappa shape index (κ1) is 13.5.